The number of carbonyl (C=O) groups is 1. The Balaban J connectivity index is 1.73. The number of hydrogen-bond donors (Lipinski definition) is 2. The molecule has 2 rings (SSSR count). The summed E-state index contributed by atoms with van der Waals surface area (Å²) in [5, 5.41) is 5.62. The molecule has 2 aromatic carbocycles. The minimum absolute atomic E-state index is 0.223. The van der Waals surface area contributed by atoms with Crippen molar-refractivity contribution < 1.29 is 9.53 Å². The largest absolute Gasteiger partial charge is 0.491 e. The number of carbonyl (C=O) groups excluding carboxylic acids is 1. The summed E-state index contributed by atoms with van der Waals surface area (Å²) < 4.78 is 5.73. The van der Waals surface area contributed by atoms with Gasteiger partial charge in [-0.2, -0.15) is 0 Å². The van der Waals surface area contributed by atoms with E-state index in [1.807, 2.05) is 42.5 Å². The van der Waals surface area contributed by atoms with Crippen LogP contribution < -0.4 is 15.4 Å². The first-order valence-electron chi connectivity index (χ1n) is 8.45. The number of anilines is 1. The number of nitrogens with one attached hydrogen (secondary N) is 2. The third-order valence-electron chi connectivity index (χ3n) is 3.83. The Morgan fingerprint density at radius 2 is 1.79 bits per heavy atom. The summed E-state index contributed by atoms with van der Waals surface area (Å²) in [6, 6.07) is 15.6. The summed E-state index contributed by atoms with van der Waals surface area (Å²) in [6.45, 7) is 7.28. The van der Waals surface area contributed by atoms with Crippen molar-refractivity contribution in [3.05, 3.63) is 59.7 Å². The maximum absolute atomic E-state index is 11.9. The summed E-state index contributed by atoms with van der Waals surface area (Å²) in [5.74, 6) is 1.36. The first-order chi connectivity index (χ1) is 11.6. The molecule has 2 amide bonds. The highest BCUT2D eigenvalue weighted by atomic mass is 16.5. The zero-order valence-electron chi connectivity index (χ0n) is 14.6. The van der Waals surface area contributed by atoms with Crippen LogP contribution in [0.3, 0.4) is 0 Å². The Morgan fingerprint density at radius 1 is 1.08 bits per heavy atom. The number of para-hydroxylation sites is 1. The average molecular weight is 326 g/mol. The van der Waals surface area contributed by atoms with Gasteiger partial charge in [0.25, 0.3) is 0 Å². The zero-order valence-corrected chi connectivity index (χ0v) is 14.6. The van der Waals surface area contributed by atoms with Gasteiger partial charge in [0.1, 0.15) is 12.4 Å². The van der Waals surface area contributed by atoms with Crippen LogP contribution in [-0.4, -0.2) is 19.2 Å². The topological polar surface area (TPSA) is 50.4 Å². The SMILES string of the molecule is CCc1ccccc1OCCNC(=O)Nc1ccc(C(C)C)cc1. The maximum atomic E-state index is 11.9. The number of ether oxygens (including phenoxy) is 1. The van der Waals surface area contributed by atoms with Crippen molar-refractivity contribution >= 4 is 11.7 Å². The van der Waals surface area contributed by atoms with E-state index >= 15 is 0 Å². The smallest absolute Gasteiger partial charge is 0.319 e. The van der Waals surface area contributed by atoms with E-state index in [2.05, 4.69) is 37.5 Å². The minimum atomic E-state index is -0.223. The molecular formula is C20H26N2O2. The summed E-state index contributed by atoms with van der Waals surface area (Å²) in [5.41, 5.74) is 3.21. The lowest BCUT2D eigenvalue weighted by atomic mass is 10.0. The monoisotopic (exact) mass is 326 g/mol. The molecule has 4 heteroatoms. The molecule has 2 N–H and O–H groups in total. The summed E-state index contributed by atoms with van der Waals surface area (Å²) in [4.78, 5) is 11.9. The third-order valence-corrected chi connectivity index (χ3v) is 3.83. The van der Waals surface area contributed by atoms with Gasteiger partial charge < -0.3 is 15.4 Å². The molecule has 0 spiro atoms. The number of aryl methyl sites for hydroxylation is 1. The van der Waals surface area contributed by atoms with Gasteiger partial charge in [-0.25, -0.2) is 4.79 Å². The number of amides is 2. The molecule has 0 aliphatic carbocycles. The van der Waals surface area contributed by atoms with Gasteiger partial charge >= 0.3 is 6.03 Å². The van der Waals surface area contributed by atoms with Gasteiger partial charge in [-0.15, -0.1) is 0 Å². The number of urea groups is 1. The molecule has 0 radical (unpaired) electrons. The standard InChI is InChI=1S/C20H26N2O2/c1-4-16-7-5-6-8-19(16)24-14-13-21-20(23)22-18-11-9-17(10-12-18)15(2)3/h5-12,15H,4,13-14H2,1-3H3,(H2,21,22,23). The van der Waals surface area contributed by atoms with Crippen molar-refractivity contribution in [2.75, 3.05) is 18.5 Å². The van der Waals surface area contributed by atoms with Crippen molar-refractivity contribution in [3.63, 3.8) is 0 Å². The fourth-order valence-electron chi connectivity index (χ4n) is 2.39. The lowest BCUT2D eigenvalue weighted by Crippen LogP contribution is -2.32. The predicted molar refractivity (Wildman–Crippen MR) is 98.9 cm³/mol. The first-order valence-corrected chi connectivity index (χ1v) is 8.45. The molecule has 2 aromatic rings. The van der Waals surface area contributed by atoms with Crippen molar-refractivity contribution in [2.45, 2.75) is 33.1 Å². The number of hydrogen-bond acceptors (Lipinski definition) is 2. The number of benzene rings is 2. The second kappa shape index (κ2) is 8.96. The minimum Gasteiger partial charge on any atom is -0.491 e. The Bertz CT molecular complexity index is 651. The van der Waals surface area contributed by atoms with Crippen LogP contribution in [0.4, 0.5) is 10.5 Å². The van der Waals surface area contributed by atoms with Crippen molar-refractivity contribution in [3.8, 4) is 5.75 Å². The van der Waals surface area contributed by atoms with Gasteiger partial charge in [0.05, 0.1) is 6.54 Å². The lowest BCUT2D eigenvalue weighted by Gasteiger charge is -2.12. The third kappa shape index (κ3) is 5.30. The van der Waals surface area contributed by atoms with Crippen molar-refractivity contribution in [2.24, 2.45) is 0 Å². The summed E-state index contributed by atoms with van der Waals surface area (Å²) in [6.07, 6.45) is 0.927. The molecule has 0 saturated heterocycles. The summed E-state index contributed by atoms with van der Waals surface area (Å²) in [7, 11) is 0. The second-order valence-electron chi connectivity index (χ2n) is 5.97. The Kier molecular flexibility index (Phi) is 6.67. The van der Waals surface area contributed by atoms with Crippen molar-refractivity contribution in [1.82, 2.24) is 5.32 Å². The predicted octanol–water partition coefficient (Wildman–Crippen LogP) is 4.57. The molecule has 128 valence electrons. The fourth-order valence-corrected chi connectivity index (χ4v) is 2.39. The Hall–Kier alpha value is -2.49. The molecule has 0 bridgehead atoms. The van der Waals surface area contributed by atoms with Gasteiger partial charge in [0, 0.05) is 5.69 Å². The molecule has 0 fully saturated rings. The highest BCUT2D eigenvalue weighted by molar-refractivity contribution is 5.89. The molecule has 0 heterocycles. The quantitative estimate of drug-likeness (QED) is 0.732. The molecule has 4 nitrogen and oxygen atoms in total. The molecule has 0 aliphatic heterocycles. The van der Waals surface area contributed by atoms with Gasteiger partial charge in [0.2, 0.25) is 0 Å². The van der Waals surface area contributed by atoms with Crippen LogP contribution in [0.5, 0.6) is 5.75 Å². The van der Waals surface area contributed by atoms with Crippen LogP contribution in [0.25, 0.3) is 0 Å². The van der Waals surface area contributed by atoms with E-state index in [9.17, 15) is 4.79 Å². The number of rotatable bonds is 7. The van der Waals surface area contributed by atoms with E-state index in [0.29, 0.717) is 19.1 Å². The van der Waals surface area contributed by atoms with Gasteiger partial charge in [-0.3, -0.25) is 0 Å². The van der Waals surface area contributed by atoms with Gasteiger partial charge in [-0.1, -0.05) is 51.1 Å². The van der Waals surface area contributed by atoms with Crippen LogP contribution in [0.15, 0.2) is 48.5 Å². The second-order valence-corrected chi connectivity index (χ2v) is 5.97. The molecule has 0 unspecified atom stereocenters. The molecule has 0 saturated carbocycles. The molecular weight excluding hydrogens is 300 g/mol. The molecule has 24 heavy (non-hydrogen) atoms. The average Bonchev–Trinajstić information content (AvgIpc) is 2.59. The Labute approximate surface area is 144 Å². The normalized spacial score (nSPS) is 10.5. The van der Waals surface area contributed by atoms with E-state index in [1.54, 1.807) is 0 Å². The van der Waals surface area contributed by atoms with Gasteiger partial charge in [0.15, 0.2) is 0 Å². The zero-order chi connectivity index (χ0) is 17.4. The Morgan fingerprint density at radius 3 is 2.46 bits per heavy atom. The summed E-state index contributed by atoms with van der Waals surface area (Å²) >= 11 is 0. The van der Waals surface area contributed by atoms with E-state index in [-0.39, 0.29) is 6.03 Å². The van der Waals surface area contributed by atoms with Crippen LogP contribution in [0.2, 0.25) is 0 Å². The molecule has 0 aliphatic rings. The van der Waals surface area contributed by atoms with Crippen molar-refractivity contribution in [1.29, 1.82) is 0 Å². The van der Waals surface area contributed by atoms with E-state index in [1.165, 1.54) is 11.1 Å². The van der Waals surface area contributed by atoms with E-state index < -0.39 is 0 Å². The fraction of sp³-hybridized carbons (Fsp3) is 0.350. The van der Waals surface area contributed by atoms with Gasteiger partial charge in [-0.05, 0) is 41.7 Å². The first kappa shape index (κ1) is 17.9. The highest BCUT2D eigenvalue weighted by Crippen LogP contribution is 2.18. The maximum Gasteiger partial charge on any atom is 0.319 e. The molecule has 0 aromatic heterocycles. The van der Waals surface area contributed by atoms with Crippen LogP contribution in [0.1, 0.15) is 37.8 Å². The highest BCUT2D eigenvalue weighted by Gasteiger charge is 2.04. The van der Waals surface area contributed by atoms with Crippen LogP contribution in [-0.2, 0) is 6.42 Å². The van der Waals surface area contributed by atoms with E-state index in [4.69, 9.17) is 4.74 Å². The lowest BCUT2D eigenvalue weighted by molar-refractivity contribution is 0.247. The van der Waals surface area contributed by atoms with Crippen LogP contribution in [0, 0.1) is 0 Å². The molecule has 0 atom stereocenters. The van der Waals surface area contributed by atoms with Crippen LogP contribution >= 0.6 is 0 Å². The van der Waals surface area contributed by atoms with E-state index in [0.717, 1.165) is 17.9 Å².